The summed E-state index contributed by atoms with van der Waals surface area (Å²) in [7, 11) is 0. The van der Waals surface area contributed by atoms with Crippen LogP contribution < -0.4 is 15.4 Å². The van der Waals surface area contributed by atoms with E-state index in [2.05, 4.69) is 32.4 Å². The molecule has 5 nitrogen and oxygen atoms in total. The Labute approximate surface area is 198 Å². The Bertz CT molecular complexity index is 1390. The van der Waals surface area contributed by atoms with Crippen molar-refractivity contribution in [3.63, 3.8) is 0 Å². The molecule has 34 heavy (non-hydrogen) atoms. The standard InChI is InChI=1S/C28H25FN4O/c1-19-15-22(11-13-26(19)34-27-7-3-2-6-24(27)29)33-28-23-16-20(10-12-25(23)31-18-32-28)8-9-21-5-4-14-30-17-21/h2-3,6-7,10-13,15-16,18,21,30H,4-5,14,17H2,1H3,(H,31,32,33). The van der Waals surface area contributed by atoms with Crippen LogP contribution in [0.4, 0.5) is 15.9 Å². The van der Waals surface area contributed by atoms with Gasteiger partial charge in [0.15, 0.2) is 11.6 Å². The van der Waals surface area contributed by atoms with Crippen molar-refractivity contribution in [3.05, 3.63) is 83.9 Å². The maximum Gasteiger partial charge on any atom is 0.165 e. The van der Waals surface area contributed by atoms with Gasteiger partial charge in [0.25, 0.3) is 0 Å². The molecule has 2 heterocycles. The predicted octanol–water partition coefficient (Wildman–Crippen LogP) is 5.96. The number of aromatic nitrogens is 2. The first-order valence-corrected chi connectivity index (χ1v) is 11.4. The van der Waals surface area contributed by atoms with E-state index in [9.17, 15) is 4.39 Å². The first-order chi connectivity index (χ1) is 16.7. The maximum atomic E-state index is 14.0. The second kappa shape index (κ2) is 9.90. The van der Waals surface area contributed by atoms with Gasteiger partial charge in [-0.05, 0) is 80.4 Å². The zero-order valence-corrected chi connectivity index (χ0v) is 18.9. The van der Waals surface area contributed by atoms with Gasteiger partial charge in [0.2, 0.25) is 0 Å². The highest BCUT2D eigenvalue weighted by atomic mass is 19.1. The summed E-state index contributed by atoms with van der Waals surface area (Å²) in [6.07, 6.45) is 3.86. The highest BCUT2D eigenvalue weighted by Crippen LogP contribution is 2.31. The molecular weight excluding hydrogens is 427 g/mol. The van der Waals surface area contributed by atoms with Crippen molar-refractivity contribution in [2.75, 3.05) is 18.4 Å². The Kier molecular flexibility index (Phi) is 6.37. The largest absolute Gasteiger partial charge is 0.454 e. The highest BCUT2D eigenvalue weighted by molar-refractivity contribution is 5.91. The molecule has 6 heteroatoms. The van der Waals surface area contributed by atoms with Crippen molar-refractivity contribution in [1.82, 2.24) is 15.3 Å². The number of halogens is 1. The second-order valence-corrected chi connectivity index (χ2v) is 8.40. The smallest absolute Gasteiger partial charge is 0.165 e. The van der Waals surface area contributed by atoms with Gasteiger partial charge in [0.05, 0.1) is 5.52 Å². The number of nitrogens with zero attached hydrogens (tertiary/aromatic N) is 2. The number of benzene rings is 3. The summed E-state index contributed by atoms with van der Waals surface area (Å²) in [6, 6.07) is 18.0. The number of ether oxygens (including phenoxy) is 1. The minimum atomic E-state index is -0.393. The first kappa shape index (κ1) is 21.9. The van der Waals surface area contributed by atoms with Gasteiger partial charge in [0.1, 0.15) is 17.9 Å². The van der Waals surface area contributed by atoms with Crippen LogP contribution >= 0.6 is 0 Å². The lowest BCUT2D eigenvalue weighted by Gasteiger charge is -2.17. The van der Waals surface area contributed by atoms with E-state index in [4.69, 9.17) is 4.74 Å². The fourth-order valence-corrected chi connectivity index (χ4v) is 4.02. The lowest BCUT2D eigenvalue weighted by atomic mass is 10.00. The van der Waals surface area contributed by atoms with Crippen LogP contribution in [-0.2, 0) is 0 Å². The van der Waals surface area contributed by atoms with E-state index in [0.29, 0.717) is 17.5 Å². The fraction of sp³-hybridized carbons (Fsp3) is 0.214. The normalized spacial score (nSPS) is 15.4. The third-order valence-corrected chi connectivity index (χ3v) is 5.85. The molecule has 0 bridgehead atoms. The van der Waals surface area contributed by atoms with Gasteiger partial charge in [-0.2, -0.15) is 0 Å². The minimum absolute atomic E-state index is 0.200. The van der Waals surface area contributed by atoms with Crippen molar-refractivity contribution in [2.24, 2.45) is 5.92 Å². The topological polar surface area (TPSA) is 59.1 Å². The van der Waals surface area contributed by atoms with Crippen molar-refractivity contribution in [2.45, 2.75) is 19.8 Å². The number of hydrogen-bond donors (Lipinski definition) is 2. The van der Waals surface area contributed by atoms with Gasteiger partial charge in [0, 0.05) is 29.1 Å². The number of fused-ring (bicyclic) bond motifs is 1. The SMILES string of the molecule is Cc1cc(Nc2ncnc3ccc(C#CC4CCCNC4)cc23)ccc1Oc1ccccc1F. The van der Waals surface area contributed by atoms with Crippen molar-refractivity contribution in [1.29, 1.82) is 0 Å². The number of nitrogens with one attached hydrogen (secondary N) is 2. The lowest BCUT2D eigenvalue weighted by molar-refractivity contribution is 0.439. The van der Waals surface area contributed by atoms with Crippen LogP contribution in [0.15, 0.2) is 67.0 Å². The first-order valence-electron chi connectivity index (χ1n) is 11.4. The molecule has 1 fully saturated rings. The Morgan fingerprint density at radius 1 is 1.06 bits per heavy atom. The van der Waals surface area contributed by atoms with E-state index in [1.165, 1.54) is 12.5 Å². The predicted molar refractivity (Wildman–Crippen MR) is 133 cm³/mol. The van der Waals surface area contributed by atoms with Crippen LogP contribution in [0.5, 0.6) is 11.5 Å². The number of hydrogen-bond acceptors (Lipinski definition) is 5. The van der Waals surface area contributed by atoms with Crippen LogP contribution in [0.3, 0.4) is 0 Å². The molecule has 0 saturated carbocycles. The average molecular weight is 453 g/mol. The molecule has 2 N–H and O–H groups in total. The molecule has 0 radical (unpaired) electrons. The third-order valence-electron chi connectivity index (χ3n) is 5.85. The molecule has 1 aliphatic rings. The Morgan fingerprint density at radius 2 is 1.97 bits per heavy atom. The van der Waals surface area contributed by atoms with E-state index in [-0.39, 0.29) is 5.75 Å². The van der Waals surface area contributed by atoms with Crippen molar-refractivity contribution >= 4 is 22.4 Å². The summed E-state index contributed by atoms with van der Waals surface area (Å²) < 4.78 is 19.7. The molecule has 1 atom stereocenters. The van der Waals surface area contributed by atoms with Crippen LogP contribution in [0.2, 0.25) is 0 Å². The molecule has 1 unspecified atom stereocenters. The number of piperidine rings is 1. The third kappa shape index (κ3) is 5.00. The summed E-state index contributed by atoms with van der Waals surface area (Å²) in [5.74, 6) is 8.21. The van der Waals surface area contributed by atoms with Crippen molar-refractivity contribution in [3.8, 4) is 23.3 Å². The molecular formula is C28H25FN4O. The molecule has 1 saturated heterocycles. The Hall–Kier alpha value is -3.95. The highest BCUT2D eigenvalue weighted by Gasteiger charge is 2.11. The van der Waals surface area contributed by atoms with E-state index in [1.54, 1.807) is 24.5 Å². The maximum absolute atomic E-state index is 14.0. The van der Waals surface area contributed by atoms with E-state index in [0.717, 1.165) is 47.2 Å². The van der Waals surface area contributed by atoms with Crippen LogP contribution in [-0.4, -0.2) is 23.1 Å². The number of para-hydroxylation sites is 1. The number of rotatable bonds is 4. The summed E-state index contributed by atoms with van der Waals surface area (Å²) >= 11 is 0. The summed E-state index contributed by atoms with van der Waals surface area (Å²) in [6.45, 7) is 3.95. The van der Waals surface area contributed by atoms with Gasteiger partial charge in [-0.3, -0.25) is 0 Å². The van der Waals surface area contributed by atoms with Crippen LogP contribution in [0.25, 0.3) is 10.9 Å². The van der Waals surface area contributed by atoms with Gasteiger partial charge < -0.3 is 15.4 Å². The Balaban J connectivity index is 1.38. The summed E-state index contributed by atoms with van der Waals surface area (Å²) in [4.78, 5) is 8.86. The van der Waals surface area contributed by atoms with Gasteiger partial charge in [-0.25, -0.2) is 14.4 Å². The lowest BCUT2D eigenvalue weighted by Crippen LogP contribution is -2.28. The average Bonchev–Trinajstić information content (AvgIpc) is 2.86. The zero-order valence-electron chi connectivity index (χ0n) is 18.9. The second-order valence-electron chi connectivity index (χ2n) is 8.40. The molecule has 5 rings (SSSR count). The van der Waals surface area contributed by atoms with Gasteiger partial charge >= 0.3 is 0 Å². The van der Waals surface area contributed by atoms with Crippen LogP contribution in [0, 0.1) is 30.5 Å². The summed E-state index contributed by atoms with van der Waals surface area (Å²) in [5, 5.41) is 7.69. The molecule has 0 spiro atoms. The fourth-order valence-electron chi connectivity index (χ4n) is 4.02. The molecule has 1 aliphatic heterocycles. The Morgan fingerprint density at radius 3 is 2.79 bits per heavy atom. The zero-order chi connectivity index (χ0) is 23.3. The molecule has 170 valence electrons. The molecule has 4 aromatic rings. The number of aryl methyl sites for hydroxylation is 1. The van der Waals surface area contributed by atoms with Gasteiger partial charge in [-0.1, -0.05) is 24.0 Å². The van der Waals surface area contributed by atoms with Crippen LogP contribution in [0.1, 0.15) is 24.0 Å². The quantitative estimate of drug-likeness (QED) is 0.374. The monoisotopic (exact) mass is 452 g/mol. The molecule has 1 aromatic heterocycles. The van der Waals surface area contributed by atoms with Gasteiger partial charge in [-0.15, -0.1) is 0 Å². The summed E-state index contributed by atoms with van der Waals surface area (Å²) in [5.41, 5.74) is 3.52. The molecule has 0 amide bonds. The van der Waals surface area contributed by atoms with Crippen molar-refractivity contribution < 1.29 is 9.13 Å². The minimum Gasteiger partial charge on any atom is -0.454 e. The molecule has 3 aromatic carbocycles. The number of anilines is 2. The van der Waals surface area contributed by atoms with E-state index in [1.807, 2.05) is 43.3 Å². The van der Waals surface area contributed by atoms with E-state index < -0.39 is 5.82 Å². The molecule has 0 aliphatic carbocycles. The van der Waals surface area contributed by atoms with E-state index >= 15 is 0 Å².